The Kier molecular flexibility index (Phi) is 4.80. The third kappa shape index (κ3) is 4.01. The molecule has 2 nitrogen and oxygen atoms in total. The van der Waals surface area contributed by atoms with Crippen molar-refractivity contribution < 1.29 is 0 Å². The van der Waals surface area contributed by atoms with Crippen molar-refractivity contribution in [2.75, 3.05) is 11.5 Å². The average molecular weight is 210 g/mol. The van der Waals surface area contributed by atoms with Crippen molar-refractivity contribution in [3.63, 3.8) is 0 Å². The normalized spacial score (nSPS) is 12.7. The van der Waals surface area contributed by atoms with E-state index in [1.807, 2.05) is 23.9 Å². The van der Waals surface area contributed by atoms with Crippen molar-refractivity contribution >= 4 is 17.4 Å². The summed E-state index contributed by atoms with van der Waals surface area (Å²) in [6.45, 7) is 4.50. The first-order chi connectivity index (χ1) is 6.72. The van der Waals surface area contributed by atoms with Crippen LogP contribution in [0.25, 0.3) is 0 Å². The number of nitrogens with zero attached hydrogens (tertiary/aromatic N) is 1. The van der Waals surface area contributed by atoms with Gasteiger partial charge in [0.25, 0.3) is 0 Å². The van der Waals surface area contributed by atoms with Crippen molar-refractivity contribution in [1.82, 2.24) is 4.98 Å². The molecule has 0 saturated carbocycles. The van der Waals surface area contributed by atoms with Crippen molar-refractivity contribution in [2.24, 2.45) is 5.92 Å². The van der Waals surface area contributed by atoms with Crippen LogP contribution in [0.2, 0.25) is 0 Å². The number of hydrogen-bond acceptors (Lipinski definition) is 3. The second-order valence-electron chi connectivity index (χ2n) is 3.61. The van der Waals surface area contributed by atoms with E-state index in [9.17, 15) is 0 Å². The molecule has 1 aromatic rings. The van der Waals surface area contributed by atoms with Gasteiger partial charge in [-0.3, -0.25) is 4.98 Å². The topological polar surface area (TPSA) is 38.9 Å². The maximum atomic E-state index is 5.67. The van der Waals surface area contributed by atoms with Gasteiger partial charge in [-0.1, -0.05) is 20.3 Å². The molecule has 0 radical (unpaired) electrons. The van der Waals surface area contributed by atoms with Crippen LogP contribution in [0.3, 0.4) is 0 Å². The second-order valence-corrected chi connectivity index (χ2v) is 4.64. The van der Waals surface area contributed by atoms with E-state index >= 15 is 0 Å². The fourth-order valence-corrected chi connectivity index (χ4v) is 2.18. The van der Waals surface area contributed by atoms with Crippen molar-refractivity contribution in [1.29, 1.82) is 0 Å². The molecular formula is C11H18N2S. The van der Waals surface area contributed by atoms with E-state index in [4.69, 9.17) is 5.73 Å². The molecule has 3 heteroatoms. The lowest BCUT2D eigenvalue weighted by atomic mass is 10.2. The highest BCUT2D eigenvalue weighted by Gasteiger charge is 2.00. The molecule has 0 aliphatic rings. The molecule has 1 aromatic heterocycles. The number of pyridine rings is 1. The number of thioether (sulfide) groups is 1. The lowest BCUT2D eigenvalue weighted by Crippen LogP contribution is -1.97. The highest BCUT2D eigenvalue weighted by Crippen LogP contribution is 2.16. The highest BCUT2D eigenvalue weighted by molar-refractivity contribution is 7.98. The van der Waals surface area contributed by atoms with Gasteiger partial charge in [0.05, 0.1) is 5.69 Å². The maximum Gasteiger partial charge on any atom is 0.0523 e. The largest absolute Gasteiger partial charge is 0.399 e. The molecular weight excluding hydrogens is 192 g/mol. The van der Waals surface area contributed by atoms with Gasteiger partial charge in [-0.15, -0.1) is 0 Å². The zero-order valence-corrected chi connectivity index (χ0v) is 9.68. The lowest BCUT2D eigenvalue weighted by Gasteiger charge is -2.07. The van der Waals surface area contributed by atoms with Gasteiger partial charge in [0.1, 0.15) is 0 Å². The van der Waals surface area contributed by atoms with Crippen LogP contribution in [0.4, 0.5) is 5.69 Å². The molecule has 0 spiro atoms. The van der Waals surface area contributed by atoms with E-state index < -0.39 is 0 Å². The molecule has 1 heterocycles. The molecule has 0 bridgehead atoms. The van der Waals surface area contributed by atoms with E-state index in [0.717, 1.165) is 23.1 Å². The van der Waals surface area contributed by atoms with Crippen LogP contribution in [-0.4, -0.2) is 10.7 Å². The van der Waals surface area contributed by atoms with Crippen LogP contribution in [0.1, 0.15) is 26.0 Å². The summed E-state index contributed by atoms with van der Waals surface area (Å²) in [6, 6.07) is 3.77. The smallest absolute Gasteiger partial charge is 0.0523 e. The Morgan fingerprint density at radius 3 is 3.00 bits per heavy atom. The fraction of sp³-hybridized carbons (Fsp3) is 0.545. The Bertz CT molecular complexity index is 276. The summed E-state index contributed by atoms with van der Waals surface area (Å²) in [6.07, 6.45) is 3.02. The van der Waals surface area contributed by atoms with E-state index in [2.05, 4.69) is 18.8 Å². The van der Waals surface area contributed by atoms with Crippen LogP contribution in [0.5, 0.6) is 0 Å². The summed E-state index contributed by atoms with van der Waals surface area (Å²) >= 11 is 1.93. The number of nitrogens with two attached hydrogens (primary N) is 1. The Balaban J connectivity index is 2.31. The predicted octanol–water partition coefficient (Wildman–Crippen LogP) is 2.94. The monoisotopic (exact) mass is 210 g/mol. The molecule has 1 rings (SSSR count). The number of rotatable bonds is 5. The van der Waals surface area contributed by atoms with Gasteiger partial charge in [-0.2, -0.15) is 11.8 Å². The van der Waals surface area contributed by atoms with Gasteiger partial charge in [0.15, 0.2) is 0 Å². The van der Waals surface area contributed by atoms with E-state index in [1.54, 1.807) is 6.20 Å². The molecule has 2 N–H and O–H groups in total. The summed E-state index contributed by atoms with van der Waals surface area (Å²) < 4.78 is 0. The van der Waals surface area contributed by atoms with Gasteiger partial charge < -0.3 is 5.73 Å². The first kappa shape index (κ1) is 11.4. The summed E-state index contributed by atoms with van der Waals surface area (Å²) in [7, 11) is 0. The van der Waals surface area contributed by atoms with Crippen LogP contribution in [0.15, 0.2) is 18.3 Å². The molecule has 14 heavy (non-hydrogen) atoms. The molecule has 1 unspecified atom stereocenters. The number of aromatic nitrogens is 1. The summed E-state index contributed by atoms with van der Waals surface area (Å²) in [4.78, 5) is 4.26. The van der Waals surface area contributed by atoms with Crippen molar-refractivity contribution in [3.8, 4) is 0 Å². The lowest BCUT2D eigenvalue weighted by molar-refractivity contribution is 0.637. The van der Waals surface area contributed by atoms with E-state index in [0.29, 0.717) is 0 Å². The van der Waals surface area contributed by atoms with Crippen molar-refractivity contribution in [3.05, 3.63) is 24.0 Å². The van der Waals surface area contributed by atoms with Gasteiger partial charge in [0, 0.05) is 17.6 Å². The predicted molar refractivity (Wildman–Crippen MR) is 64.3 cm³/mol. The zero-order chi connectivity index (χ0) is 10.4. The quantitative estimate of drug-likeness (QED) is 0.812. The summed E-state index contributed by atoms with van der Waals surface area (Å²) in [5, 5.41) is 0. The van der Waals surface area contributed by atoms with E-state index in [-0.39, 0.29) is 0 Å². The molecule has 0 fully saturated rings. The molecule has 78 valence electrons. The third-order valence-corrected chi connectivity index (χ3v) is 3.49. The Morgan fingerprint density at radius 2 is 2.36 bits per heavy atom. The minimum atomic E-state index is 0.793. The molecule has 0 aliphatic heterocycles. The molecule has 1 atom stereocenters. The average Bonchev–Trinajstić information content (AvgIpc) is 2.17. The van der Waals surface area contributed by atoms with E-state index in [1.165, 1.54) is 12.2 Å². The van der Waals surface area contributed by atoms with Crippen LogP contribution >= 0.6 is 11.8 Å². The molecule has 0 aliphatic carbocycles. The van der Waals surface area contributed by atoms with Gasteiger partial charge in [-0.05, 0) is 23.8 Å². The summed E-state index contributed by atoms with van der Waals surface area (Å²) in [5.74, 6) is 2.96. The fourth-order valence-electron chi connectivity index (χ4n) is 1.06. The van der Waals surface area contributed by atoms with Crippen molar-refractivity contribution in [2.45, 2.75) is 26.0 Å². The first-order valence-electron chi connectivity index (χ1n) is 5.00. The van der Waals surface area contributed by atoms with Crippen LogP contribution in [0, 0.1) is 5.92 Å². The maximum absolute atomic E-state index is 5.67. The molecule has 0 aromatic carbocycles. The van der Waals surface area contributed by atoms with Gasteiger partial charge >= 0.3 is 0 Å². The Morgan fingerprint density at radius 1 is 1.57 bits per heavy atom. The zero-order valence-electron chi connectivity index (χ0n) is 8.86. The van der Waals surface area contributed by atoms with Crippen LogP contribution in [-0.2, 0) is 5.75 Å². The number of hydrogen-bond donors (Lipinski definition) is 1. The summed E-state index contributed by atoms with van der Waals surface area (Å²) in [5.41, 5.74) is 7.55. The molecule has 0 saturated heterocycles. The standard InChI is InChI=1S/C11H18N2S/c1-3-9(2)7-14-8-11-6-10(12)4-5-13-11/h4-6,9H,3,7-8H2,1-2H3,(H2,12,13). The SMILES string of the molecule is CCC(C)CSCc1cc(N)ccn1. The highest BCUT2D eigenvalue weighted by atomic mass is 32.2. The second kappa shape index (κ2) is 5.91. The number of nitrogen functional groups attached to an aromatic ring is 1. The Labute approximate surface area is 90.3 Å². The van der Waals surface area contributed by atoms with Gasteiger partial charge in [0.2, 0.25) is 0 Å². The minimum absolute atomic E-state index is 0.793. The first-order valence-corrected chi connectivity index (χ1v) is 6.16. The third-order valence-electron chi connectivity index (χ3n) is 2.19. The Hall–Kier alpha value is -0.700. The minimum Gasteiger partial charge on any atom is -0.399 e. The van der Waals surface area contributed by atoms with Gasteiger partial charge in [-0.25, -0.2) is 0 Å². The molecule has 0 amide bonds. The van der Waals surface area contributed by atoms with Crippen LogP contribution < -0.4 is 5.73 Å². The number of anilines is 1.